The first kappa shape index (κ1) is 17.9. The van der Waals surface area contributed by atoms with Gasteiger partial charge in [0, 0.05) is 5.69 Å². The fraction of sp³-hybridized carbons (Fsp3) is 0.211. The SMILES string of the molecule is CC(C)(C)OC(=O)c1ccc(-n2cnc3ccc(C(=O)O)cc32)cc1Cl. The molecule has 0 saturated carbocycles. The van der Waals surface area contributed by atoms with Crippen molar-refractivity contribution in [2.75, 3.05) is 0 Å². The average molecular weight is 373 g/mol. The third-order valence-electron chi connectivity index (χ3n) is 3.64. The van der Waals surface area contributed by atoms with Crippen molar-refractivity contribution in [3.8, 4) is 5.69 Å². The maximum Gasteiger partial charge on any atom is 0.340 e. The molecule has 0 atom stereocenters. The summed E-state index contributed by atoms with van der Waals surface area (Å²) in [6, 6.07) is 9.60. The molecule has 0 aliphatic rings. The van der Waals surface area contributed by atoms with Crippen molar-refractivity contribution in [3.05, 3.63) is 58.9 Å². The van der Waals surface area contributed by atoms with Gasteiger partial charge in [-0.1, -0.05) is 11.6 Å². The van der Waals surface area contributed by atoms with E-state index in [0.29, 0.717) is 16.7 Å². The van der Waals surface area contributed by atoms with Crippen molar-refractivity contribution >= 4 is 34.6 Å². The zero-order valence-electron chi connectivity index (χ0n) is 14.5. The molecule has 7 heteroatoms. The van der Waals surface area contributed by atoms with Crippen LogP contribution in [0, 0.1) is 0 Å². The van der Waals surface area contributed by atoms with E-state index >= 15 is 0 Å². The van der Waals surface area contributed by atoms with E-state index in [-0.39, 0.29) is 16.1 Å². The van der Waals surface area contributed by atoms with Crippen molar-refractivity contribution in [3.63, 3.8) is 0 Å². The fourth-order valence-electron chi connectivity index (χ4n) is 2.50. The second-order valence-electron chi connectivity index (χ2n) is 6.79. The molecule has 0 aliphatic heterocycles. The second kappa shape index (κ2) is 6.46. The largest absolute Gasteiger partial charge is 0.478 e. The van der Waals surface area contributed by atoms with Crippen LogP contribution in [-0.2, 0) is 4.74 Å². The molecule has 0 bridgehead atoms. The molecule has 0 amide bonds. The van der Waals surface area contributed by atoms with Crippen LogP contribution in [0.15, 0.2) is 42.7 Å². The Kier molecular flexibility index (Phi) is 4.46. The molecular formula is C19H17ClN2O4. The Morgan fingerprint density at radius 3 is 2.50 bits per heavy atom. The second-order valence-corrected chi connectivity index (χ2v) is 7.20. The van der Waals surface area contributed by atoms with E-state index in [1.54, 1.807) is 62.0 Å². The lowest BCUT2D eigenvalue weighted by molar-refractivity contribution is 0.00695. The molecule has 6 nitrogen and oxygen atoms in total. The van der Waals surface area contributed by atoms with E-state index in [1.807, 2.05) is 0 Å². The van der Waals surface area contributed by atoms with Gasteiger partial charge >= 0.3 is 11.9 Å². The fourth-order valence-corrected chi connectivity index (χ4v) is 2.75. The van der Waals surface area contributed by atoms with Gasteiger partial charge in [0.25, 0.3) is 0 Å². The number of aromatic carboxylic acids is 1. The molecule has 3 aromatic rings. The first-order valence-electron chi connectivity index (χ1n) is 7.89. The van der Waals surface area contributed by atoms with E-state index in [0.717, 1.165) is 0 Å². The van der Waals surface area contributed by atoms with Gasteiger partial charge < -0.3 is 9.84 Å². The van der Waals surface area contributed by atoms with Gasteiger partial charge in [-0.15, -0.1) is 0 Å². The number of hydrogen-bond donors (Lipinski definition) is 1. The zero-order chi connectivity index (χ0) is 19.1. The molecule has 1 heterocycles. The Labute approximate surface area is 155 Å². The van der Waals surface area contributed by atoms with Crippen LogP contribution in [0.3, 0.4) is 0 Å². The molecule has 134 valence electrons. The maximum absolute atomic E-state index is 12.2. The molecule has 0 fully saturated rings. The summed E-state index contributed by atoms with van der Waals surface area (Å²) in [6.07, 6.45) is 1.58. The van der Waals surface area contributed by atoms with Gasteiger partial charge in [0.05, 0.1) is 27.2 Å². The van der Waals surface area contributed by atoms with E-state index in [9.17, 15) is 14.7 Å². The number of ether oxygens (including phenoxy) is 1. The number of imidazole rings is 1. The van der Waals surface area contributed by atoms with E-state index in [4.69, 9.17) is 16.3 Å². The number of esters is 1. The van der Waals surface area contributed by atoms with Crippen molar-refractivity contribution in [2.24, 2.45) is 0 Å². The van der Waals surface area contributed by atoms with Crippen molar-refractivity contribution < 1.29 is 19.4 Å². The molecule has 1 N–H and O–H groups in total. The minimum Gasteiger partial charge on any atom is -0.478 e. The molecule has 0 unspecified atom stereocenters. The van der Waals surface area contributed by atoms with Crippen LogP contribution >= 0.6 is 11.6 Å². The van der Waals surface area contributed by atoms with Crippen molar-refractivity contribution in [1.82, 2.24) is 9.55 Å². The van der Waals surface area contributed by atoms with Gasteiger partial charge in [0.15, 0.2) is 0 Å². The number of rotatable bonds is 3. The highest BCUT2D eigenvalue weighted by Crippen LogP contribution is 2.26. The number of fused-ring (bicyclic) bond motifs is 1. The lowest BCUT2D eigenvalue weighted by atomic mass is 10.1. The van der Waals surface area contributed by atoms with E-state index in [2.05, 4.69) is 4.98 Å². The molecule has 0 aliphatic carbocycles. The summed E-state index contributed by atoms with van der Waals surface area (Å²) in [5, 5.41) is 9.42. The predicted molar refractivity (Wildman–Crippen MR) is 98.2 cm³/mol. The number of carbonyl (C=O) groups is 2. The van der Waals surface area contributed by atoms with Crippen LogP contribution in [0.2, 0.25) is 5.02 Å². The predicted octanol–water partition coefficient (Wildman–Crippen LogP) is 4.33. The van der Waals surface area contributed by atoms with Crippen LogP contribution in [0.25, 0.3) is 16.7 Å². The quantitative estimate of drug-likeness (QED) is 0.692. The van der Waals surface area contributed by atoms with Crippen LogP contribution in [0.1, 0.15) is 41.5 Å². The Bertz CT molecular complexity index is 1020. The van der Waals surface area contributed by atoms with Crippen LogP contribution in [-0.4, -0.2) is 32.2 Å². The van der Waals surface area contributed by atoms with Gasteiger partial charge in [-0.25, -0.2) is 14.6 Å². The molecular weight excluding hydrogens is 356 g/mol. The highest BCUT2D eigenvalue weighted by atomic mass is 35.5. The molecule has 26 heavy (non-hydrogen) atoms. The summed E-state index contributed by atoms with van der Waals surface area (Å²) in [4.78, 5) is 27.7. The number of carbonyl (C=O) groups excluding carboxylic acids is 1. The third-order valence-corrected chi connectivity index (χ3v) is 3.96. The first-order valence-corrected chi connectivity index (χ1v) is 8.27. The number of carboxylic acids is 1. The van der Waals surface area contributed by atoms with Crippen molar-refractivity contribution in [1.29, 1.82) is 0 Å². The van der Waals surface area contributed by atoms with Crippen LogP contribution in [0.4, 0.5) is 0 Å². The monoisotopic (exact) mass is 372 g/mol. The number of carboxylic acid groups (broad SMARTS) is 1. The van der Waals surface area contributed by atoms with Gasteiger partial charge in [-0.05, 0) is 57.2 Å². The Morgan fingerprint density at radius 2 is 1.88 bits per heavy atom. The number of aromatic nitrogens is 2. The highest BCUT2D eigenvalue weighted by molar-refractivity contribution is 6.33. The lowest BCUT2D eigenvalue weighted by Gasteiger charge is -2.20. The molecule has 1 aromatic heterocycles. The minimum absolute atomic E-state index is 0.163. The maximum atomic E-state index is 12.2. The summed E-state index contributed by atoms with van der Waals surface area (Å²) >= 11 is 6.27. The summed E-state index contributed by atoms with van der Waals surface area (Å²) in [5.74, 6) is -1.52. The van der Waals surface area contributed by atoms with E-state index in [1.165, 1.54) is 6.07 Å². The van der Waals surface area contributed by atoms with Gasteiger partial charge in [0.2, 0.25) is 0 Å². The minimum atomic E-state index is -1.02. The molecule has 2 aromatic carbocycles. The molecule has 0 saturated heterocycles. The normalized spacial score (nSPS) is 11.5. The number of benzene rings is 2. The third kappa shape index (κ3) is 3.55. The van der Waals surface area contributed by atoms with Crippen LogP contribution < -0.4 is 0 Å². The summed E-state index contributed by atoms with van der Waals surface area (Å²) in [6.45, 7) is 5.35. The number of halogens is 1. The number of hydrogen-bond acceptors (Lipinski definition) is 4. The molecule has 0 radical (unpaired) electrons. The summed E-state index contributed by atoms with van der Waals surface area (Å²) in [7, 11) is 0. The number of nitrogens with zero attached hydrogens (tertiary/aromatic N) is 2. The first-order chi connectivity index (χ1) is 12.2. The molecule has 0 spiro atoms. The summed E-state index contributed by atoms with van der Waals surface area (Å²) in [5.41, 5.74) is 1.75. The average Bonchev–Trinajstić information content (AvgIpc) is 2.95. The smallest absolute Gasteiger partial charge is 0.340 e. The zero-order valence-corrected chi connectivity index (χ0v) is 15.2. The Balaban J connectivity index is 2.02. The lowest BCUT2D eigenvalue weighted by Crippen LogP contribution is -2.24. The van der Waals surface area contributed by atoms with Gasteiger partial charge in [0.1, 0.15) is 11.9 Å². The van der Waals surface area contributed by atoms with Gasteiger partial charge in [-0.2, -0.15) is 0 Å². The van der Waals surface area contributed by atoms with Crippen LogP contribution in [0.5, 0.6) is 0 Å². The van der Waals surface area contributed by atoms with Crippen molar-refractivity contribution in [2.45, 2.75) is 26.4 Å². The highest BCUT2D eigenvalue weighted by Gasteiger charge is 2.20. The van der Waals surface area contributed by atoms with E-state index < -0.39 is 17.5 Å². The standard InChI is InChI=1S/C19H17ClN2O4/c1-19(2,3)26-18(25)13-6-5-12(9-14(13)20)22-10-21-15-7-4-11(17(23)24)8-16(15)22/h4-10H,1-3H3,(H,23,24). The molecule has 3 rings (SSSR count). The van der Waals surface area contributed by atoms with Gasteiger partial charge in [-0.3, -0.25) is 4.57 Å². The Morgan fingerprint density at radius 1 is 1.15 bits per heavy atom. The Hall–Kier alpha value is -2.86. The summed E-state index contributed by atoms with van der Waals surface area (Å²) < 4.78 is 7.05. The topological polar surface area (TPSA) is 81.4 Å².